The van der Waals surface area contributed by atoms with Crippen LogP contribution in [0.3, 0.4) is 0 Å². The van der Waals surface area contributed by atoms with Gasteiger partial charge in [-0.15, -0.1) is 0 Å². The summed E-state index contributed by atoms with van der Waals surface area (Å²) >= 11 is 12.5. The van der Waals surface area contributed by atoms with Crippen LogP contribution in [-0.4, -0.2) is 97.4 Å². The predicted octanol–water partition coefficient (Wildman–Crippen LogP) is 8.64. The predicted molar refractivity (Wildman–Crippen MR) is 274 cm³/mol. The number of sulfonamides is 2. The van der Waals surface area contributed by atoms with Gasteiger partial charge in [0.05, 0.1) is 37.3 Å². The molecular formula is C50H68Cl2N6O12S2. The summed E-state index contributed by atoms with van der Waals surface area (Å²) < 4.78 is 84.4. The molecule has 0 fully saturated rings. The Morgan fingerprint density at radius 2 is 0.972 bits per heavy atom. The van der Waals surface area contributed by atoms with E-state index < -0.39 is 66.2 Å². The van der Waals surface area contributed by atoms with Crippen molar-refractivity contribution < 1.29 is 55.0 Å². The van der Waals surface area contributed by atoms with Crippen molar-refractivity contribution >= 4 is 79.1 Å². The van der Waals surface area contributed by atoms with E-state index in [1.54, 1.807) is 107 Å². The van der Waals surface area contributed by atoms with Gasteiger partial charge < -0.3 is 28.5 Å². The highest BCUT2D eigenvalue weighted by Crippen LogP contribution is 2.45. The van der Waals surface area contributed by atoms with Crippen LogP contribution < -0.4 is 18.1 Å². The van der Waals surface area contributed by atoms with Gasteiger partial charge in [0.15, 0.2) is 10.3 Å². The van der Waals surface area contributed by atoms with E-state index in [2.05, 4.69) is 10.2 Å². The largest absolute Gasteiger partial charge is 0.486 e. The fourth-order valence-corrected chi connectivity index (χ4v) is 12.3. The van der Waals surface area contributed by atoms with Gasteiger partial charge in [0.2, 0.25) is 0 Å². The quantitative estimate of drug-likeness (QED) is 0.0759. The van der Waals surface area contributed by atoms with Crippen molar-refractivity contribution in [1.29, 1.82) is 0 Å². The Bertz CT molecular complexity index is 2720. The second-order valence-electron chi connectivity index (χ2n) is 21.4. The minimum absolute atomic E-state index is 0.0274. The zero-order chi connectivity index (χ0) is 54.1. The van der Waals surface area contributed by atoms with Gasteiger partial charge in [-0.05, 0) is 116 Å². The van der Waals surface area contributed by atoms with Crippen LogP contribution >= 0.6 is 23.2 Å². The van der Waals surface area contributed by atoms with Gasteiger partial charge in [-0.2, -0.15) is 10.2 Å². The standard InChI is InChI=1S/2C25H34ClN3O6S/c2*1-8-28-14-20(23(26)27-28)36(32,33)29-13-18(12-25(6,7)15-30)34-19-10-9-17(16(2)22(19)29)11-21(31)35-24(3,4)5/h2*9-10,14-15,18H,8,11-13H2,1-7H3/t2*18-/m10/s1. The second-order valence-corrected chi connectivity index (χ2v) is 25.7. The Labute approximate surface area is 433 Å². The molecule has 18 nitrogen and oxygen atoms in total. The first kappa shape index (κ1) is 57.7. The second kappa shape index (κ2) is 21.7. The Morgan fingerprint density at radius 1 is 0.639 bits per heavy atom. The molecule has 0 aliphatic carbocycles. The maximum absolute atomic E-state index is 13.9. The monoisotopic (exact) mass is 1080 g/mol. The van der Waals surface area contributed by atoms with Crippen LogP contribution in [0.15, 0.2) is 46.5 Å². The lowest BCUT2D eigenvalue weighted by Gasteiger charge is -2.38. The van der Waals surface area contributed by atoms with Crippen molar-refractivity contribution in [3.63, 3.8) is 0 Å². The molecule has 396 valence electrons. The van der Waals surface area contributed by atoms with Gasteiger partial charge in [-0.25, -0.2) is 16.8 Å². The zero-order valence-corrected chi connectivity index (χ0v) is 46.7. The molecule has 6 rings (SSSR count). The van der Waals surface area contributed by atoms with Gasteiger partial charge in [0.25, 0.3) is 20.0 Å². The summed E-state index contributed by atoms with van der Waals surface area (Å²) in [6.45, 7) is 25.8. The molecule has 2 atom stereocenters. The molecule has 0 saturated carbocycles. The molecule has 0 radical (unpaired) electrons. The normalized spacial score (nSPS) is 16.3. The number of nitrogens with zero attached hydrogens (tertiary/aromatic N) is 6. The Hall–Kier alpha value is -5.18. The number of hydrogen-bond acceptors (Lipinski definition) is 14. The topological polar surface area (TPSA) is 216 Å². The highest BCUT2D eigenvalue weighted by atomic mass is 35.5. The molecule has 0 bridgehead atoms. The summed E-state index contributed by atoms with van der Waals surface area (Å²) in [6, 6.07) is 6.78. The molecule has 0 saturated heterocycles. The Morgan fingerprint density at radius 3 is 1.25 bits per heavy atom. The van der Waals surface area contributed by atoms with Crippen molar-refractivity contribution in [2.75, 3.05) is 21.7 Å². The number of anilines is 2. The van der Waals surface area contributed by atoms with Gasteiger partial charge in [-0.3, -0.25) is 27.6 Å². The maximum Gasteiger partial charge on any atom is 0.310 e. The average molecular weight is 1080 g/mol. The third-order valence-electron chi connectivity index (χ3n) is 11.6. The minimum atomic E-state index is -4.15. The van der Waals surface area contributed by atoms with Crippen LogP contribution in [0, 0.1) is 24.7 Å². The fraction of sp³-hybridized carbons (Fsp3) is 0.560. The van der Waals surface area contributed by atoms with E-state index in [-0.39, 0.29) is 46.0 Å². The van der Waals surface area contributed by atoms with Crippen molar-refractivity contribution in [3.05, 3.63) is 69.2 Å². The van der Waals surface area contributed by atoms with E-state index >= 15 is 0 Å². The van der Waals surface area contributed by atoms with Crippen LogP contribution in [-0.2, 0) is 74.6 Å². The Kier molecular flexibility index (Phi) is 17.4. The van der Waals surface area contributed by atoms with Crippen molar-refractivity contribution in [1.82, 2.24) is 19.6 Å². The summed E-state index contributed by atoms with van der Waals surface area (Å²) in [5.74, 6) is -0.147. The highest BCUT2D eigenvalue weighted by molar-refractivity contribution is 7.93. The Balaban J connectivity index is 0.000000267. The maximum atomic E-state index is 13.9. The number of fused-ring (bicyclic) bond motifs is 2. The number of aldehydes is 2. The lowest BCUT2D eigenvalue weighted by molar-refractivity contribution is -0.155. The van der Waals surface area contributed by atoms with E-state index in [1.807, 2.05) is 13.8 Å². The minimum Gasteiger partial charge on any atom is -0.486 e. The lowest BCUT2D eigenvalue weighted by Crippen LogP contribution is -2.45. The molecule has 2 aromatic carbocycles. The number of hydrogen-bond donors (Lipinski definition) is 0. The number of aromatic nitrogens is 4. The smallest absolute Gasteiger partial charge is 0.310 e. The molecule has 0 unspecified atom stereocenters. The number of carbonyl (C=O) groups excluding carboxylic acids is 4. The molecule has 4 aromatic rings. The molecular weight excluding hydrogens is 1010 g/mol. The van der Waals surface area contributed by atoms with Gasteiger partial charge in [0.1, 0.15) is 57.3 Å². The van der Waals surface area contributed by atoms with E-state index in [0.29, 0.717) is 71.1 Å². The molecule has 2 aliphatic rings. The summed E-state index contributed by atoms with van der Waals surface area (Å²) in [5, 5.41) is 7.92. The number of esters is 2. The first-order chi connectivity index (χ1) is 33.1. The third-order valence-corrected chi connectivity index (χ3v) is 16.0. The van der Waals surface area contributed by atoms with Crippen LogP contribution in [0.2, 0.25) is 10.3 Å². The first-order valence-corrected chi connectivity index (χ1v) is 27.3. The van der Waals surface area contributed by atoms with Crippen molar-refractivity contribution in [3.8, 4) is 11.5 Å². The summed E-state index contributed by atoms with van der Waals surface area (Å²) in [4.78, 5) is 47.9. The lowest BCUT2D eigenvalue weighted by atomic mass is 9.88. The van der Waals surface area contributed by atoms with Gasteiger partial charge in [0, 0.05) is 36.3 Å². The number of aryl methyl sites for hydroxylation is 2. The molecule has 0 amide bonds. The average Bonchev–Trinajstić information content (AvgIpc) is 3.86. The zero-order valence-electron chi connectivity index (χ0n) is 43.6. The molecule has 0 N–H and O–H groups in total. The summed E-state index contributed by atoms with van der Waals surface area (Å²) in [6.07, 6.45) is 3.87. The number of rotatable bonds is 16. The third kappa shape index (κ3) is 13.7. The molecule has 2 aliphatic heterocycles. The number of benzene rings is 2. The van der Waals surface area contributed by atoms with E-state index in [0.717, 1.165) is 12.6 Å². The van der Waals surface area contributed by atoms with E-state index in [9.17, 15) is 36.0 Å². The number of carbonyl (C=O) groups is 4. The summed E-state index contributed by atoms with van der Waals surface area (Å²) in [7, 11) is -8.31. The van der Waals surface area contributed by atoms with E-state index in [4.69, 9.17) is 42.1 Å². The van der Waals surface area contributed by atoms with Crippen LogP contribution in [0.5, 0.6) is 11.5 Å². The van der Waals surface area contributed by atoms with E-state index in [1.165, 1.54) is 30.4 Å². The number of halogens is 2. The first-order valence-electron chi connectivity index (χ1n) is 23.6. The molecule has 0 spiro atoms. The van der Waals surface area contributed by atoms with Crippen molar-refractivity contribution in [2.45, 2.75) is 169 Å². The SMILES string of the molecule is CCn1cc(S(=O)(=O)N2C[C@@H](CC(C)(C)C=O)Oc3ccc(CC(=O)OC(C)(C)C)c(C)c32)c(Cl)n1.CCn1cc(S(=O)(=O)N2C[C@H](CC(C)(C)C=O)Oc3ccc(CC(=O)OC(C)(C)C)c(C)c32)c(Cl)n1. The highest BCUT2D eigenvalue weighted by Gasteiger charge is 2.42. The molecule has 2 aromatic heterocycles. The molecule has 72 heavy (non-hydrogen) atoms. The van der Waals surface area contributed by atoms with Crippen LogP contribution in [0.25, 0.3) is 0 Å². The number of ether oxygens (including phenoxy) is 4. The van der Waals surface area contributed by atoms with Gasteiger partial charge >= 0.3 is 11.9 Å². The fourth-order valence-electron chi connectivity index (χ4n) is 8.27. The molecule has 22 heteroatoms. The van der Waals surface area contributed by atoms with Crippen molar-refractivity contribution in [2.24, 2.45) is 10.8 Å². The summed E-state index contributed by atoms with van der Waals surface area (Å²) in [5.41, 5.74) is 0.333. The van der Waals surface area contributed by atoms with Crippen LogP contribution in [0.1, 0.15) is 118 Å². The van der Waals surface area contributed by atoms with Gasteiger partial charge in [-0.1, -0.05) is 63.0 Å². The van der Waals surface area contributed by atoms with Crippen LogP contribution in [0.4, 0.5) is 11.4 Å². The molecule has 4 heterocycles.